The van der Waals surface area contributed by atoms with Gasteiger partial charge in [0.25, 0.3) is 5.91 Å². The van der Waals surface area contributed by atoms with E-state index >= 15 is 0 Å². The van der Waals surface area contributed by atoms with E-state index in [-0.39, 0.29) is 12.3 Å². The topological polar surface area (TPSA) is 91.3 Å². The van der Waals surface area contributed by atoms with E-state index in [0.29, 0.717) is 36.8 Å². The molecule has 3 aromatic rings. The second-order valence-corrected chi connectivity index (χ2v) is 7.26. The molecular weight excluding hydrogens is 392 g/mol. The number of imide groups is 1. The molecule has 2 aromatic heterocycles. The number of hydrogen-bond donors (Lipinski definition) is 1. The first-order chi connectivity index (χ1) is 15.2. The highest BCUT2D eigenvalue weighted by atomic mass is 16.2. The number of piperazine rings is 1. The molecule has 0 spiro atoms. The number of benzene rings is 1. The molecule has 31 heavy (non-hydrogen) atoms. The van der Waals surface area contributed by atoms with Crippen LogP contribution in [-0.4, -0.2) is 52.9 Å². The molecule has 1 N–H and O–H groups in total. The van der Waals surface area contributed by atoms with E-state index in [0.717, 1.165) is 18.7 Å². The smallest absolute Gasteiger partial charge is 0.261 e. The van der Waals surface area contributed by atoms with E-state index in [9.17, 15) is 9.59 Å². The summed E-state index contributed by atoms with van der Waals surface area (Å²) >= 11 is 0. The maximum atomic E-state index is 12.8. The fourth-order valence-corrected chi connectivity index (χ4v) is 3.56. The number of carbonyl (C=O) groups is 2. The van der Waals surface area contributed by atoms with Gasteiger partial charge in [-0.15, -0.1) is 0 Å². The van der Waals surface area contributed by atoms with Crippen molar-refractivity contribution < 1.29 is 9.59 Å². The van der Waals surface area contributed by atoms with Gasteiger partial charge in [0.1, 0.15) is 5.82 Å². The summed E-state index contributed by atoms with van der Waals surface area (Å²) in [5.41, 5.74) is 1.47. The van der Waals surface area contributed by atoms with Crippen LogP contribution in [0.25, 0.3) is 0 Å². The zero-order valence-electron chi connectivity index (χ0n) is 17.1. The van der Waals surface area contributed by atoms with Gasteiger partial charge in [-0.1, -0.05) is 30.3 Å². The Morgan fingerprint density at radius 2 is 1.48 bits per heavy atom. The van der Waals surface area contributed by atoms with Crippen LogP contribution in [0, 0.1) is 0 Å². The van der Waals surface area contributed by atoms with Gasteiger partial charge in [0.2, 0.25) is 11.9 Å². The van der Waals surface area contributed by atoms with Crippen molar-refractivity contribution in [3.8, 4) is 0 Å². The fraction of sp³-hybridized carbons (Fsp3) is 0.261. The van der Waals surface area contributed by atoms with Crippen LogP contribution in [0.1, 0.15) is 22.3 Å². The third kappa shape index (κ3) is 5.22. The van der Waals surface area contributed by atoms with Gasteiger partial charge in [-0.25, -0.2) is 15.0 Å². The highest BCUT2D eigenvalue weighted by molar-refractivity contribution is 6.07. The van der Waals surface area contributed by atoms with Gasteiger partial charge in [-0.05, 0) is 30.2 Å². The molecule has 158 valence electrons. The molecule has 0 unspecified atom stereocenters. The van der Waals surface area contributed by atoms with Crippen molar-refractivity contribution in [2.45, 2.75) is 12.8 Å². The molecular formula is C23H24N6O2. The van der Waals surface area contributed by atoms with Gasteiger partial charge < -0.3 is 9.80 Å². The minimum atomic E-state index is -0.421. The Balaban J connectivity index is 1.37. The lowest BCUT2D eigenvalue weighted by Crippen LogP contribution is -2.48. The van der Waals surface area contributed by atoms with Crippen LogP contribution >= 0.6 is 0 Å². The van der Waals surface area contributed by atoms with Crippen molar-refractivity contribution in [3.63, 3.8) is 0 Å². The van der Waals surface area contributed by atoms with Crippen LogP contribution in [0.5, 0.6) is 0 Å². The van der Waals surface area contributed by atoms with Crippen LogP contribution in [0.15, 0.2) is 67.1 Å². The highest BCUT2D eigenvalue weighted by Gasteiger charge is 2.24. The number of amides is 2. The van der Waals surface area contributed by atoms with Crippen LogP contribution in [0.3, 0.4) is 0 Å². The van der Waals surface area contributed by atoms with Crippen LogP contribution in [0.2, 0.25) is 0 Å². The van der Waals surface area contributed by atoms with E-state index in [2.05, 4.69) is 30.1 Å². The predicted octanol–water partition coefficient (Wildman–Crippen LogP) is 2.09. The minimum Gasteiger partial charge on any atom is -0.352 e. The molecule has 0 aliphatic carbocycles. The minimum absolute atomic E-state index is 0.251. The van der Waals surface area contributed by atoms with Crippen molar-refractivity contribution in [1.29, 1.82) is 0 Å². The molecule has 1 aliphatic heterocycles. The number of pyridine rings is 1. The Hall–Kier alpha value is -3.81. The Morgan fingerprint density at radius 1 is 0.806 bits per heavy atom. The fourth-order valence-electron chi connectivity index (χ4n) is 3.56. The average Bonchev–Trinajstić information content (AvgIpc) is 2.84. The summed E-state index contributed by atoms with van der Waals surface area (Å²) < 4.78 is 0. The largest absolute Gasteiger partial charge is 0.352 e. The molecule has 8 heteroatoms. The lowest BCUT2D eigenvalue weighted by atomic mass is 10.1. The van der Waals surface area contributed by atoms with E-state index < -0.39 is 5.91 Å². The third-order valence-corrected chi connectivity index (χ3v) is 5.18. The van der Waals surface area contributed by atoms with Crippen molar-refractivity contribution >= 4 is 23.6 Å². The first-order valence-corrected chi connectivity index (χ1v) is 10.3. The van der Waals surface area contributed by atoms with E-state index in [1.165, 1.54) is 0 Å². The SMILES string of the molecule is O=C(CCc1ccccc1)NC(=O)c1cccnc1N1CCN(c2ncccn2)CC1. The molecule has 1 aliphatic rings. The standard InChI is InChI=1S/C23H24N6O2/c30-20(10-9-18-6-2-1-3-7-18)27-22(31)19-8-4-11-24-21(19)28-14-16-29(17-15-28)23-25-12-5-13-26-23/h1-8,11-13H,9-10,14-17H2,(H,27,30,31). The molecule has 2 amide bonds. The molecule has 1 saturated heterocycles. The van der Waals surface area contributed by atoms with Gasteiger partial charge in [0.05, 0.1) is 5.56 Å². The Bertz CT molecular complexity index is 1020. The number of nitrogens with one attached hydrogen (secondary N) is 1. The summed E-state index contributed by atoms with van der Waals surface area (Å²) in [5, 5.41) is 2.51. The van der Waals surface area contributed by atoms with Gasteiger partial charge in [0, 0.05) is 51.2 Å². The zero-order chi connectivity index (χ0) is 21.5. The van der Waals surface area contributed by atoms with Crippen LogP contribution in [-0.2, 0) is 11.2 Å². The van der Waals surface area contributed by atoms with Crippen molar-refractivity contribution in [3.05, 3.63) is 78.2 Å². The predicted molar refractivity (Wildman–Crippen MR) is 118 cm³/mol. The first-order valence-electron chi connectivity index (χ1n) is 10.3. The lowest BCUT2D eigenvalue weighted by Gasteiger charge is -2.35. The summed E-state index contributed by atoms with van der Waals surface area (Å²) in [6.45, 7) is 2.80. The summed E-state index contributed by atoms with van der Waals surface area (Å²) in [4.78, 5) is 42.3. The monoisotopic (exact) mass is 416 g/mol. The van der Waals surface area contributed by atoms with E-state index in [1.807, 2.05) is 30.3 Å². The quantitative estimate of drug-likeness (QED) is 0.658. The number of anilines is 2. The van der Waals surface area contributed by atoms with E-state index in [1.54, 1.807) is 36.8 Å². The summed E-state index contributed by atoms with van der Waals surface area (Å²) in [7, 11) is 0. The lowest BCUT2D eigenvalue weighted by molar-refractivity contribution is -0.120. The van der Waals surface area contributed by atoms with Crippen molar-refractivity contribution in [2.75, 3.05) is 36.0 Å². The number of nitrogens with zero attached hydrogens (tertiary/aromatic N) is 5. The Labute approximate surface area is 181 Å². The molecule has 1 aromatic carbocycles. The van der Waals surface area contributed by atoms with Gasteiger partial charge >= 0.3 is 0 Å². The zero-order valence-corrected chi connectivity index (χ0v) is 17.1. The van der Waals surface area contributed by atoms with Gasteiger partial charge in [0.15, 0.2) is 0 Å². The number of carbonyl (C=O) groups excluding carboxylic acids is 2. The van der Waals surface area contributed by atoms with Crippen LogP contribution in [0.4, 0.5) is 11.8 Å². The van der Waals surface area contributed by atoms with Crippen LogP contribution < -0.4 is 15.1 Å². The van der Waals surface area contributed by atoms with Crippen molar-refractivity contribution in [1.82, 2.24) is 20.3 Å². The molecule has 0 saturated carbocycles. The highest BCUT2D eigenvalue weighted by Crippen LogP contribution is 2.20. The molecule has 1 fully saturated rings. The Kier molecular flexibility index (Phi) is 6.47. The molecule has 4 rings (SSSR count). The normalized spacial score (nSPS) is 13.7. The van der Waals surface area contributed by atoms with Gasteiger partial charge in [-0.2, -0.15) is 0 Å². The third-order valence-electron chi connectivity index (χ3n) is 5.18. The molecule has 0 atom stereocenters. The Morgan fingerprint density at radius 3 is 2.23 bits per heavy atom. The summed E-state index contributed by atoms with van der Waals surface area (Å²) in [6.07, 6.45) is 5.95. The van der Waals surface area contributed by atoms with Gasteiger partial charge in [-0.3, -0.25) is 14.9 Å². The summed E-state index contributed by atoms with van der Waals surface area (Å²) in [6, 6.07) is 14.9. The number of rotatable bonds is 6. The average molecular weight is 416 g/mol. The first kappa shape index (κ1) is 20.5. The summed E-state index contributed by atoms with van der Waals surface area (Å²) in [5.74, 6) is 0.569. The van der Waals surface area contributed by atoms with E-state index in [4.69, 9.17) is 0 Å². The molecule has 0 radical (unpaired) electrons. The number of aryl methyl sites for hydroxylation is 1. The molecule has 3 heterocycles. The maximum Gasteiger partial charge on any atom is 0.261 e. The number of aromatic nitrogens is 3. The maximum absolute atomic E-state index is 12.8. The second kappa shape index (κ2) is 9.80. The number of hydrogen-bond acceptors (Lipinski definition) is 7. The molecule has 8 nitrogen and oxygen atoms in total. The second-order valence-electron chi connectivity index (χ2n) is 7.26. The molecule has 0 bridgehead atoms. The van der Waals surface area contributed by atoms with Crippen molar-refractivity contribution in [2.24, 2.45) is 0 Å².